The second-order valence-electron chi connectivity index (χ2n) is 7.80. The van der Waals surface area contributed by atoms with Crippen LogP contribution < -0.4 is 10.1 Å². The molecule has 0 spiro atoms. The molecule has 0 atom stereocenters. The van der Waals surface area contributed by atoms with Crippen molar-refractivity contribution in [3.63, 3.8) is 0 Å². The lowest BCUT2D eigenvalue weighted by atomic mass is 9.94. The van der Waals surface area contributed by atoms with E-state index >= 15 is 0 Å². The summed E-state index contributed by atoms with van der Waals surface area (Å²) in [6.07, 6.45) is 1.79. The molecule has 2 heterocycles. The van der Waals surface area contributed by atoms with Gasteiger partial charge in [-0.3, -0.25) is 9.89 Å². The molecular weight excluding hydrogens is 404 g/mol. The summed E-state index contributed by atoms with van der Waals surface area (Å²) < 4.78 is 17.2. The second-order valence-corrected chi connectivity index (χ2v) is 8.24. The van der Waals surface area contributed by atoms with Crippen LogP contribution >= 0.6 is 11.6 Å². The van der Waals surface area contributed by atoms with Crippen molar-refractivity contribution in [1.82, 2.24) is 15.1 Å². The van der Waals surface area contributed by atoms with Crippen molar-refractivity contribution in [1.29, 1.82) is 0 Å². The van der Waals surface area contributed by atoms with Crippen molar-refractivity contribution in [2.75, 3.05) is 72.7 Å². The van der Waals surface area contributed by atoms with E-state index in [0.717, 1.165) is 82.1 Å². The van der Waals surface area contributed by atoms with Crippen LogP contribution in [0.3, 0.4) is 0 Å². The highest BCUT2D eigenvalue weighted by molar-refractivity contribution is 6.30. The van der Waals surface area contributed by atoms with E-state index in [2.05, 4.69) is 22.0 Å². The summed E-state index contributed by atoms with van der Waals surface area (Å²) in [6, 6.07) is 7.52. The van der Waals surface area contributed by atoms with E-state index in [0.29, 0.717) is 13.2 Å². The predicted octanol–water partition coefficient (Wildman–Crippen LogP) is 2.50. The lowest BCUT2D eigenvalue weighted by Gasteiger charge is -2.38. The SMILES string of the molecule is CCNC(=NCC1(OC)CCOCC1)N1CCN(CCOc2ccc(Cl)cc2)CC1. The summed E-state index contributed by atoms with van der Waals surface area (Å²) in [4.78, 5) is 9.72. The van der Waals surface area contributed by atoms with Gasteiger partial charge in [-0.05, 0) is 31.2 Å². The Morgan fingerprint density at radius 3 is 2.50 bits per heavy atom. The third-order valence-electron chi connectivity index (χ3n) is 5.85. The van der Waals surface area contributed by atoms with Crippen LogP contribution in [0, 0.1) is 0 Å². The Morgan fingerprint density at radius 2 is 1.87 bits per heavy atom. The molecule has 1 aromatic carbocycles. The molecule has 0 amide bonds. The molecule has 0 aromatic heterocycles. The zero-order valence-corrected chi connectivity index (χ0v) is 19.0. The Morgan fingerprint density at radius 1 is 1.17 bits per heavy atom. The molecule has 168 valence electrons. The number of aliphatic imine (C=N–C) groups is 1. The molecule has 3 rings (SSSR count). The Bertz CT molecular complexity index is 657. The number of hydrogen-bond donors (Lipinski definition) is 1. The number of nitrogens with one attached hydrogen (secondary N) is 1. The van der Waals surface area contributed by atoms with Gasteiger partial charge in [-0.15, -0.1) is 0 Å². The minimum atomic E-state index is -0.195. The zero-order chi connectivity index (χ0) is 21.2. The van der Waals surface area contributed by atoms with Gasteiger partial charge in [0.1, 0.15) is 12.4 Å². The number of halogens is 1. The maximum Gasteiger partial charge on any atom is 0.194 e. The average Bonchev–Trinajstić information content (AvgIpc) is 2.79. The summed E-state index contributed by atoms with van der Waals surface area (Å²) >= 11 is 5.92. The van der Waals surface area contributed by atoms with E-state index in [1.165, 1.54) is 0 Å². The monoisotopic (exact) mass is 438 g/mol. The van der Waals surface area contributed by atoms with Crippen LogP contribution in [0.1, 0.15) is 19.8 Å². The summed E-state index contributed by atoms with van der Waals surface area (Å²) in [5.41, 5.74) is -0.195. The van der Waals surface area contributed by atoms with Gasteiger partial charge in [0.05, 0.1) is 12.1 Å². The normalized spacial score (nSPS) is 20.2. The molecule has 0 unspecified atom stereocenters. The molecule has 2 fully saturated rings. The lowest BCUT2D eigenvalue weighted by molar-refractivity contribution is -0.0829. The summed E-state index contributed by atoms with van der Waals surface area (Å²) in [5.74, 6) is 1.84. The van der Waals surface area contributed by atoms with Crippen LogP contribution in [0.15, 0.2) is 29.3 Å². The van der Waals surface area contributed by atoms with Crippen molar-refractivity contribution in [3.8, 4) is 5.75 Å². The van der Waals surface area contributed by atoms with Gasteiger partial charge in [0, 0.05) is 77.5 Å². The molecule has 2 aliphatic heterocycles. The Kier molecular flexibility index (Phi) is 9.05. The molecule has 2 aliphatic rings. The van der Waals surface area contributed by atoms with Crippen molar-refractivity contribution in [2.45, 2.75) is 25.4 Å². The van der Waals surface area contributed by atoms with Crippen LogP contribution in [-0.4, -0.2) is 94.1 Å². The highest BCUT2D eigenvalue weighted by Crippen LogP contribution is 2.25. The summed E-state index contributed by atoms with van der Waals surface area (Å²) in [6.45, 7) is 10.6. The molecule has 0 saturated carbocycles. The number of piperazine rings is 1. The third-order valence-corrected chi connectivity index (χ3v) is 6.10. The van der Waals surface area contributed by atoms with Gasteiger partial charge < -0.3 is 24.4 Å². The summed E-state index contributed by atoms with van der Waals surface area (Å²) in [5, 5.41) is 4.18. The first-order chi connectivity index (χ1) is 14.6. The number of rotatable bonds is 8. The van der Waals surface area contributed by atoms with Crippen molar-refractivity contribution >= 4 is 17.6 Å². The molecule has 1 aromatic rings. The maximum absolute atomic E-state index is 5.92. The quantitative estimate of drug-likeness (QED) is 0.497. The van der Waals surface area contributed by atoms with Crippen LogP contribution in [0.2, 0.25) is 5.02 Å². The van der Waals surface area contributed by atoms with Gasteiger partial charge in [0.15, 0.2) is 5.96 Å². The maximum atomic E-state index is 5.92. The standard InChI is InChI=1S/C22H35ClN4O3/c1-3-24-21(25-18-22(28-2)8-15-29-16-9-22)27-12-10-26(11-13-27)14-17-30-20-6-4-19(23)5-7-20/h4-7H,3,8-18H2,1-2H3,(H,24,25). The molecular formula is C22H35ClN4O3. The van der Waals surface area contributed by atoms with Gasteiger partial charge in [0.2, 0.25) is 0 Å². The number of benzene rings is 1. The fourth-order valence-electron chi connectivity index (χ4n) is 3.82. The van der Waals surface area contributed by atoms with E-state index in [9.17, 15) is 0 Å². The second kappa shape index (κ2) is 11.7. The molecule has 0 bridgehead atoms. The molecule has 2 saturated heterocycles. The Labute approximate surface area is 185 Å². The van der Waals surface area contributed by atoms with Crippen molar-refractivity contribution in [3.05, 3.63) is 29.3 Å². The van der Waals surface area contributed by atoms with Gasteiger partial charge in [-0.25, -0.2) is 0 Å². The number of hydrogen-bond acceptors (Lipinski definition) is 5. The first-order valence-electron chi connectivity index (χ1n) is 10.9. The Balaban J connectivity index is 1.45. The van der Waals surface area contributed by atoms with E-state index in [-0.39, 0.29) is 5.60 Å². The minimum absolute atomic E-state index is 0.195. The average molecular weight is 439 g/mol. The van der Waals surface area contributed by atoms with Crippen molar-refractivity contribution < 1.29 is 14.2 Å². The largest absolute Gasteiger partial charge is 0.492 e. The molecule has 30 heavy (non-hydrogen) atoms. The van der Waals surface area contributed by atoms with Crippen molar-refractivity contribution in [2.24, 2.45) is 4.99 Å². The van der Waals surface area contributed by atoms with Gasteiger partial charge >= 0.3 is 0 Å². The Hall–Kier alpha value is -1.54. The van der Waals surface area contributed by atoms with E-state index in [1.54, 1.807) is 7.11 Å². The zero-order valence-electron chi connectivity index (χ0n) is 18.2. The highest BCUT2D eigenvalue weighted by Gasteiger charge is 2.32. The fraction of sp³-hybridized carbons (Fsp3) is 0.682. The molecule has 7 nitrogen and oxygen atoms in total. The topological polar surface area (TPSA) is 58.6 Å². The van der Waals surface area contributed by atoms with E-state index in [1.807, 2.05) is 24.3 Å². The highest BCUT2D eigenvalue weighted by atomic mass is 35.5. The first kappa shape index (κ1) is 23.1. The van der Waals surface area contributed by atoms with Crippen LogP contribution in [0.25, 0.3) is 0 Å². The lowest BCUT2D eigenvalue weighted by Crippen LogP contribution is -2.53. The number of guanidine groups is 1. The van der Waals surface area contributed by atoms with Crippen LogP contribution in [-0.2, 0) is 9.47 Å². The fourth-order valence-corrected chi connectivity index (χ4v) is 3.95. The number of methoxy groups -OCH3 is 1. The smallest absolute Gasteiger partial charge is 0.194 e. The van der Waals surface area contributed by atoms with E-state index in [4.69, 9.17) is 30.8 Å². The molecule has 8 heteroatoms. The predicted molar refractivity (Wildman–Crippen MR) is 121 cm³/mol. The van der Waals surface area contributed by atoms with Gasteiger partial charge in [-0.2, -0.15) is 0 Å². The first-order valence-corrected chi connectivity index (χ1v) is 11.3. The molecule has 0 radical (unpaired) electrons. The number of nitrogens with zero attached hydrogens (tertiary/aromatic N) is 3. The molecule has 0 aliphatic carbocycles. The van der Waals surface area contributed by atoms with Gasteiger partial charge in [-0.1, -0.05) is 11.6 Å². The molecule has 1 N–H and O–H groups in total. The summed E-state index contributed by atoms with van der Waals surface area (Å²) in [7, 11) is 1.79. The number of ether oxygens (including phenoxy) is 3. The van der Waals surface area contributed by atoms with Crippen LogP contribution in [0.5, 0.6) is 5.75 Å². The van der Waals surface area contributed by atoms with Crippen LogP contribution in [0.4, 0.5) is 0 Å². The van der Waals surface area contributed by atoms with E-state index < -0.39 is 0 Å². The minimum Gasteiger partial charge on any atom is -0.492 e. The third kappa shape index (κ3) is 6.74. The van der Waals surface area contributed by atoms with Gasteiger partial charge in [0.25, 0.3) is 0 Å².